The summed E-state index contributed by atoms with van der Waals surface area (Å²) in [6.45, 7) is 6.90. The maximum absolute atomic E-state index is 12.5. The smallest absolute Gasteiger partial charge is 0.310 e. The molecule has 0 saturated carbocycles. The second kappa shape index (κ2) is 11.5. The monoisotopic (exact) mass is 349 g/mol. The lowest BCUT2D eigenvalue weighted by Gasteiger charge is -2.25. The van der Waals surface area contributed by atoms with Crippen LogP contribution in [-0.2, 0) is 14.3 Å². The van der Waals surface area contributed by atoms with E-state index in [0.717, 1.165) is 31.2 Å². The summed E-state index contributed by atoms with van der Waals surface area (Å²) in [7, 11) is 1.37. The van der Waals surface area contributed by atoms with Gasteiger partial charge in [0.25, 0.3) is 5.91 Å². The highest BCUT2D eigenvalue weighted by atomic mass is 16.5. The Kier molecular flexibility index (Phi) is 9.66. The van der Waals surface area contributed by atoms with Gasteiger partial charge < -0.3 is 14.4 Å². The SMILES string of the molecule is CCCCCCN(CC(C)C(=O)OC)C(=O)COc1ccc(C)cc1. The fourth-order valence-electron chi connectivity index (χ4n) is 2.52. The largest absolute Gasteiger partial charge is 0.484 e. The number of esters is 1. The van der Waals surface area contributed by atoms with E-state index in [9.17, 15) is 9.59 Å². The molecule has 0 heterocycles. The molecule has 0 saturated heterocycles. The summed E-state index contributed by atoms with van der Waals surface area (Å²) in [5.74, 6) is -0.0796. The van der Waals surface area contributed by atoms with Crippen LogP contribution >= 0.6 is 0 Å². The van der Waals surface area contributed by atoms with Gasteiger partial charge in [-0.1, -0.05) is 50.8 Å². The number of amides is 1. The first-order chi connectivity index (χ1) is 12.0. The van der Waals surface area contributed by atoms with Crippen molar-refractivity contribution in [2.45, 2.75) is 46.5 Å². The van der Waals surface area contributed by atoms with Crippen molar-refractivity contribution < 1.29 is 19.1 Å². The number of carbonyl (C=O) groups excluding carboxylic acids is 2. The fourth-order valence-corrected chi connectivity index (χ4v) is 2.52. The first kappa shape index (κ1) is 21.0. The van der Waals surface area contributed by atoms with E-state index in [4.69, 9.17) is 9.47 Å². The van der Waals surface area contributed by atoms with Crippen LogP contribution < -0.4 is 4.74 Å². The van der Waals surface area contributed by atoms with Crippen molar-refractivity contribution in [3.05, 3.63) is 29.8 Å². The summed E-state index contributed by atoms with van der Waals surface area (Å²) in [5.41, 5.74) is 1.14. The molecule has 1 unspecified atom stereocenters. The van der Waals surface area contributed by atoms with E-state index in [2.05, 4.69) is 6.92 Å². The molecule has 1 rings (SSSR count). The number of nitrogens with zero attached hydrogens (tertiary/aromatic N) is 1. The van der Waals surface area contributed by atoms with Crippen molar-refractivity contribution >= 4 is 11.9 Å². The predicted octanol–water partition coefficient (Wildman–Crippen LogP) is 3.59. The number of unbranched alkanes of at least 4 members (excludes halogenated alkanes) is 3. The van der Waals surface area contributed by atoms with E-state index in [1.807, 2.05) is 31.2 Å². The summed E-state index contributed by atoms with van der Waals surface area (Å²) < 4.78 is 10.4. The summed E-state index contributed by atoms with van der Waals surface area (Å²) in [6.07, 6.45) is 4.29. The molecule has 5 nitrogen and oxygen atoms in total. The van der Waals surface area contributed by atoms with Gasteiger partial charge in [-0.15, -0.1) is 0 Å². The van der Waals surface area contributed by atoms with Crippen molar-refractivity contribution in [1.82, 2.24) is 4.90 Å². The van der Waals surface area contributed by atoms with Crippen molar-refractivity contribution in [3.63, 3.8) is 0 Å². The van der Waals surface area contributed by atoms with Crippen LogP contribution in [0.5, 0.6) is 5.75 Å². The minimum absolute atomic E-state index is 0.0231. The molecular weight excluding hydrogens is 318 g/mol. The Morgan fingerprint density at radius 1 is 1.12 bits per heavy atom. The van der Waals surface area contributed by atoms with Crippen LogP contribution in [0.4, 0.5) is 0 Å². The van der Waals surface area contributed by atoms with Crippen LogP contribution in [0, 0.1) is 12.8 Å². The number of rotatable bonds is 11. The lowest BCUT2D eigenvalue weighted by molar-refractivity contribution is -0.146. The van der Waals surface area contributed by atoms with Crippen LogP contribution in [0.3, 0.4) is 0 Å². The summed E-state index contributed by atoms with van der Waals surface area (Å²) in [5, 5.41) is 0. The van der Waals surface area contributed by atoms with Gasteiger partial charge in [-0.2, -0.15) is 0 Å². The molecular formula is C20H31NO4. The van der Waals surface area contributed by atoms with Gasteiger partial charge in [0.2, 0.25) is 0 Å². The zero-order chi connectivity index (χ0) is 18.7. The first-order valence-corrected chi connectivity index (χ1v) is 9.03. The minimum atomic E-state index is -0.348. The molecule has 5 heteroatoms. The number of ether oxygens (including phenoxy) is 2. The Hall–Kier alpha value is -2.04. The van der Waals surface area contributed by atoms with Gasteiger partial charge in [0.15, 0.2) is 6.61 Å². The van der Waals surface area contributed by atoms with E-state index in [1.165, 1.54) is 7.11 Å². The first-order valence-electron chi connectivity index (χ1n) is 9.03. The average molecular weight is 349 g/mol. The minimum Gasteiger partial charge on any atom is -0.484 e. The molecule has 0 bridgehead atoms. The molecule has 0 radical (unpaired) electrons. The lowest BCUT2D eigenvalue weighted by Crippen LogP contribution is -2.40. The third-order valence-electron chi connectivity index (χ3n) is 4.12. The molecule has 0 aromatic heterocycles. The summed E-state index contributed by atoms with van der Waals surface area (Å²) in [4.78, 5) is 25.9. The van der Waals surface area contributed by atoms with Gasteiger partial charge in [0.1, 0.15) is 5.75 Å². The van der Waals surface area contributed by atoms with Crippen LogP contribution in [0.1, 0.15) is 45.1 Å². The van der Waals surface area contributed by atoms with E-state index in [-0.39, 0.29) is 24.4 Å². The fraction of sp³-hybridized carbons (Fsp3) is 0.600. The highest BCUT2D eigenvalue weighted by Gasteiger charge is 2.21. The number of carbonyl (C=O) groups is 2. The second-order valence-electron chi connectivity index (χ2n) is 6.43. The highest BCUT2D eigenvalue weighted by Crippen LogP contribution is 2.12. The van der Waals surface area contributed by atoms with Crippen LogP contribution in [-0.4, -0.2) is 43.6 Å². The zero-order valence-electron chi connectivity index (χ0n) is 15.9. The van der Waals surface area contributed by atoms with Gasteiger partial charge in [-0.25, -0.2) is 0 Å². The predicted molar refractivity (Wildman–Crippen MR) is 98.6 cm³/mol. The summed E-state index contributed by atoms with van der Waals surface area (Å²) in [6, 6.07) is 7.60. The average Bonchev–Trinajstić information content (AvgIpc) is 2.62. The number of methoxy groups -OCH3 is 1. The lowest BCUT2D eigenvalue weighted by atomic mass is 10.1. The zero-order valence-corrected chi connectivity index (χ0v) is 15.9. The molecule has 1 amide bonds. The Morgan fingerprint density at radius 2 is 1.80 bits per heavy atom. The molecule has 1 aromatic rings. The van der Waals surface area contributed by atoms with E-state index >= 15 is 0 Å². The quantitative estimate of drug-likeness (QED) is 0.452. The van der Waals surface area contributed by atoms with Gasteiger partial charge in [0, 0.05) is 13.1 Å². The second-order valence-corrected chi connectivity index (χ2v) is 6.43. The molecule has 0 aliphatic heterocycles. The number of hydrogen-bond donors (Lipinski definition) is 0. The van der Waals surface area contributed by atoms with Crippen LogP contribution in [0.25, 0.3) is 0 Å². The topological polar surface area (TPSA) is 55.8 Å². The number of benzene rings is 1. The van der Waals surface area contributed by atoms with Crippen molar-refractivity contribution in [1.29, 1.82) is 0 Å². The molecule has 140 valence electrons. The molecule has 0 aliphatic carbocycles. The van der Waals surface area contributed by atoms with Gasteiger partial charge in [-0.3, -0.25) is 9.59 Å². The third-order valence-corrected chi connectivity index (χ3v) is 4.12. The van der Waals surface area contributed by atoms with Gasteiger partial charge >= 0.3 is 5.97 Å². The maximum Gasteiger partial charge on any atom is 0.310 e. The van der Waals surface area contributed by atoms with Gasteiger partial charge in [-0.05, 0) is 25.5 Å². The molecule has 1 atom stereocenters. The van der Waals surface area contributed by atoms with E-state index in [1.54, 1.807) is 11.8 Å². The van der Waals surface area contributed by atoms with E-state index in [0.29, 0.717) is 18.8 Å². The normalized spacial score (nSPS) is 11.7. The summed E-state index contributed by atoms with van der Waals surface area (Å²) >= 11 is 0. The Labute approximate surface area is 151 Å². The molecule has 0 spiro atoms. The van der Waals surface area contributed by atoms with Gasteiger partial charge in [0.05, 0.1) is 13.0 Å². The van der Waals surface area contributed by atoms with Crippen molar-refractivity contribution in [2.24, 2.45) is 5.92 Å². The number of hydrogen-bond acceptors (Lipinski definition) is 4. The van der Waals surface area contributed by atoms with Crippen LogP contribution in [0.15, 0.2) is 24.3 Å². The standard InChI is InChI=1S/C20H31NO4/c1-5-6-7-8-13-21(14-17(3)20(23)24-4)19(22)15-25-18-11-9-16(2)10-12-18/h9-12,17H,5-8,13-15H2,1-4H3. The Bertz CT molecular complexity index is 527. The van der Waals surface area contributed by atoms with Crippen molar-refractivity contribution in [3.8, 4) is 5.75 Å². The third kappa shape index (κ3) is 8.05. The molecule has 0 aliphatic rings. The van der Waals surface area contributed by atoms with E-state index < -0.39 is 0 Å². The molecule has 25 heavy (non-hydrogen) atoms. The number of aryl methyl sites for hydroxylation is 1. The molecule has 1 aromatic carbocycles. The van der Waals surface area contributed by atoms with Crippen LogP contribution in [0.2, 0.25) is 0 Å². The Morgan fingerprint density at radius 3 is 2.40 bits per heavy atom. The highest BCUT2D eigenvalue weighted by molar-refractivity contribution is 5.79. The maximum atomic E-state index is 12.5. The van der Waals surface area contributed by atoms with Crippen molar-refractivity contribution in [2.75, 3.05) is 26.8 Å². The Balaban J connectivity index is 2.59. The molecule has 0 fully saturated rings. The molecule has 0 N–H and O–H groups in total.